The van der Waals surface area contributed by atoms with Crippen LogP contribution in [-0.4, -0.2) is 48.2 Å². The van der Waals surface area contributed by atoms with E-state index in [0.29, 0.717) is 24.1 Å². The van der Waals surface area contributed by atoms with E-state index >= 15 is 0 Å². The van der Waals surface area contributed by atoms with E-state index in [4.69, 9.17) is 4.52 Å². The molecule has 2 aromatic rings. The first-order chi connectivity index (χ1) is 11.9. The number of sulfonamides is 1. The Morgan fingerprint density at radius 2 is 1.96 bits per heavy atom. The third-order valence-corrected chi connectivity index (χ3v) is 6.56. The third kappa shape index (κ3) is 3.16. The predicted octanol–water partition coefficient (Wildman–Crippen LogP) is 1.44. The molecule has 2 bridgehead atoms. The van der Waals surface area contributed by atoms with Crippen molar-refractivity contribution in [1.82, 2.24) is 14.8 Å². The van der Waals surface area contributed by atoms with Crippen molar-refractivity contribution >= 4 is 26.9 Å². The van der Waals surface area contributed by atoms with Crippen molar-refractivity contribution in [1.29, 1.82) is 0 Å². The van der Waals surface area contributed by atoms with E-state index in [0.717, 1.165) is 18.2 Å². The summed E-state index contributed by atoms with van der Waals surface area (Å²) in [5, 5.41) is 7.90. The molecule has 25 heavy (non-hydrogen) atoms. The van der Waals surface area contributed by atoms with Crippen molar-refractivity contribution in [3.05, 3.63) is 30.0 Å². The Labute approximate surface area is 146 Å². The van der Waals surface area contributed by atoms with Gasteiger partial charge in [0.1, 0.15) is 5.69 Å². The molecule has 134 valence electrons. The molecule has 2 atom stereocenters. The number of fused-ring (bicyclic) bond motifs is 3. The molecule has 0 saturated carbocycles. The topological polar surface area (TPSA) is 92.5 Å². The summed E-state index contributed by atoms with van der Waals surface area (Å²) in [5.41, 5.74) is 1.30. The molecule has 0 spiro atoms. The van der Waals surface area contributed by atoms with Gasteiger partial charge in [-0.05, 0) is 37.8 Å². The van der Waals surface area contributed by atoms with E-state index < -0.39 is 10.0 Å². The molecule has 2 unspecified atom stereocenters. The third-order valence-electron chi connectivity index (χ3n) is 5.19. The summed E-state index contributed by atoms with van der Waals surface area (Å²) in [7, 11) is -3.18. The van der Waals surface area contributed by atoms with E-state index in [1.54, 1.807) is 4.31 Å². The lowest BCUT2D eigenvalue weighted by Crippen LogP contribution is -2.52. The molecule has 2 aliphatic heterocycles. The normalized spacial score (nSPS) is 26.8. The van der Waals surface area contributed by atoms with E-state index in [1.807, 2.05) is 24.3 Å². The molecule has 0 aliphatic carbocycles. The van der Waals surface area contributed by atoms with E-state index in [1.165, 1.54) is 6.26 Å². The highest BCUT2D eigenvalue weighted by molar-refractivity contribution is 7.88. The first-order valence-electron chi connectivity index (χ1n) is 8.53. The summed E-state index contributed by atoms with van der Waals surface area (Å²) < 4.78 is 30.7. The quantitative estimate of drug-likeness (QED) is 0.887. The minimum Gasteiger partial charge on any atom is -0.356 e. The van der Waals surface area contributed by atoms with Gasteiger partial charge in [-0.15, -0.1) is 0 Å². The van der Waals surface area contributed by atoms with Gasteiger partial charge >= 0.3 is 0 Å². The molecule has 1 aromatic heterocycles. The van der Waals surface area contributed by atoms with Crippen molar-refractivity contribution in [2.24, 2.45) is 0 Å². The average molecular weight is 363 g/mol. The van der Waals surface area contributed by atoms with Crippen molar-refractivity contribution in [2.75, 3.05) is 6.26 Å². The molecule has 2 aliphatic rings. The minimum atomic E-state index is -3.18. The summed E-state index contributed by atoms with van der Waals surface area (Å²) in [6.07, 6.45) is 4.53. The number of hydrogen-bond donors (Lipinski definition) is 1. The number of nitrogens with zero attached hydrogens (tertiary/aromatic N) is 2. The zero-order valence-electron chi connectivity index (χ0n) is 14.0. The first kappa shape index (κ1) is 16.5. The zero-order valence-corrected chi connectivity index (χ0v) is 14.8. The van der Waals surface area contributed by atoms with Crippen LogP contribution in [0, 0.1) is 0 Å². The minimum absolute atomic E-state index is 0.00642. The zero-order chi connectivity index (χ0) is 17.6. The second-order valence-electron chi connectivity index (χ2n) is 7.02. The number of rotatable bonds is 4. The molecule has 2 fully saturated rings. The Hall–Kier alpha value is -1.93. The van der Waals surface area contributed by atoms with Crippen LogP contribution >= 0.6 is 0 Å². The monoisotopic (exact) mass is 363 g/mol. The van der Waals surface area contributed by atoms with Gasteiger partial charge in [-0.25, -0.2) is 8.42 Å². The lowest BCUT2D eigenvalue weighted by atomic mass is 9.99. The Morgan fingerprint density at radius 3 is 2.64 bits per heavy atom. The van der Waals surface area contributed by atoms with Crippen LogP contribution in [0.1, 0.15) is 31.4 Å². The molecule has 4 rings (SSSR count). The standard InChI is InChI=1S/C17H21N3O4S/c1-25(22,23)20-12-6-7-13(20)9-11(8-12)18-17(21)10-15-14-4-2-3-5-16(14)24-19-15/h2-5,11-13H,6-10H2,1H3,(H,18,21). The average Bonchev–Trinajstić information content (AvgIpc) is 3.07. The van der Waals surface area contributed by atoms with Gasteiger partial charge in [0.2, 0.25) is 15.9 Å². The van der Waals surface area contributed by atoms with Crippen molar-refractivity contribution < 1.29 is 17.7 Å². The van der Waals surface area contributed by atoms with Crippen LogP contribution in [0.5, 0.6) is 0 Å². The first-order valence-corrected chi connectivity index (χ1v) is 10.4. The van der Waals surface area contributed by atoms with Crippen molar-refractivity contribution in [2.45, 2.75) is 50.2 Å². The molecular formula is C17H21N3O4S. The lowest BCUT2D eigenvalue weighted by Gasteiger charge is -2.37. The van der Waals surface area contributed by atoms with Gasteiger partial charge in [-0.2, -0.15) is 4.31 Å². The molecule has 3 heterocycles. The summed E-state index contributed by atoms with van der Waals surface area (Å²) in [5.74, 6) is -0.101. The van der Waals surface area contributed by atoms with Gasteiger partial charge in [0, 0.05) is 23.5 Å². The summed E-state index contributed by atoms with van der Waals surface area (Å²) in [6.45, 7) is 0. The van der Waals surface area contributed by atoms with Gasteiger partial charge in [0.05, 0.1) is 12.7 Å². The van der Waals surface area contributed by atoms with Crippen LogP contribution in [0.15, 0.2) is 28.8 Å². The van der Waals surface area contributed by atoms with E-state index in [2.05, 4.69) is 10.5 Å². The lowest BCUT2D eigenvalue weighted by molar-refractivity contribution is -0.121. The number of para-hydroxylation sites is 1. The molecule has 2 saturated heterocycles. The Kier molecular flexibility index (Phi) is 4.04. The maximum atomic E-state index is 12.4. The maximum Gasteiger partial charge on any atom is 0.226 e. The fourth-order valence-corrected chi connectivity index (χ4v) is 5.76. The van der Waals surface area contributed by atoms with Crippen LogP contribution in [-0.2, 0) is 21.2 Å². The number of carbonyl (C=O) groups excluding carboxylic acids is 1. The van der Waals surface area contributed by atoms with E-state index in [-0.39, 0.29) is 30.5 Å². The number of amides is 1. The second kappa shape index (κ2) is 6.10. The van der Waals surface area contributed by atoms with Crippen LogP contribution in [0.3, 0.4) is 0 Å². The van der Waals surface area contributed by atoms with Gasteiger partial charge in [-0.3, -0.25) is 4.79 Å². The van der Waals surface area contributed by atoms with Crippen LogP contribution in [0.2, 0.25) is 0 Å². The summed E-state index contributed by atoms with van der Waals surface area (Å²) >= 11 is 0. The van der Waals surface area contributed by atoms with E-state index in [9.17, 15) is 13.2 Å². The molecule has 8 heteroatoms. The number of piperidine rings is 1. The Bertz CT molecular complexity index is 894. The molecule has 7 nitrogen and oxygen atoms in total. The SMILES string of the molecule is CS(=O)(=O)N1C2CCC1CC(NC(=O)Cc1noc3ccccc13)C2. The van der Waals surface area contributed by atoms with Gasteiger partial charge in [0.15, 0.2) is 5.58 Å². The highest BCUT2D eigenvalue weighted by Gasteiger charge is 2.45. The fraction of sp³-hybridized carbons (Fsp3) is 0.529. The molecule has 1 amide bonds. The Balaban J connectivity index is 1.41. The second-order valence-corrected chi connectivity index (χ2v) is 8.90. The van der Waals surface area contributed by atoms with Crippen molar-refractivity contribution in [3.63, 3.8) is 0 Å². The molecule has 1 N–H and O–H groups in total. The number of nitrogens with one attached hydrogen (secondary N) is 1. The van der Waals surface area contributed by atoms with Crippen LogP contribution in [0.25, 0.3) is 11.0 Å². The van der Waals surface area contributed by atoms with Crippen LogP contribution < -0.4 is 5.32 Å². The molecular weight excluding hydrogens is 342 g/mol. The molecule has 0 radical (unpaired) electrons. The highest BCUT2D eigenvalue weighted by Crippen LogP contribution is 2.37. The summed E-state index contributed by atoms with van der Waals surface area (Å²) in [6, 6.07) is 7.49. The number of hydrogen-bond acceptors (Lipinski definition) is 5. The van der Waals surface area contributed by atoms with Gasteiger partial charge < -0.3 is 9.84 Å². The number of benzene rings is 1. The number of carbonyl (C=O) groups is 1. The molecule has 1 aromatic carbocycles. The van der Waals surface area contributed by atoms with Gasteiger partial charge in [-0.1, -0.05) is 17.3 Å². The maximum absolute atomic E-state index is 12.4. The fourth-order valence-electron chi connectivity index (χ4n) is 4.29. The largest absolute Gasteiger partial charge is 0.356 e. The van der Waals surface area contributed by atoms with Crippen molar-refractivity contribution in [3.8, 4) is 0 Å². The Morgan fingerprint density at radius 1 is 1.28 bits per heavy atom. The number of aromatic nitrogens is 1. The predicted molar refractivity (Wildman–Crippen MR) is 92.4 cm³/mol. The smallest absolute Gasteiger partial charge is 0.226 e. The van der Waals surface area contributed by atoms with Crippen LogP contribution in [0.4, 0.5) is 0 Å². The van der Waals surface area contributed by atoms with Gasteiger partial charge in [0.25, 0.3) is 0 Å². The highest BCUT2D eigenvalue weighted by atomic mass is 32.2. The summed E-state index contributed by atoms with van der Waals surface area (Å²) in [4.78, 5) is 12.4.